The van der Waals surface area contributed by atoms with E-state index in [9.17, 15) is 0 Å². The maximum Gasteiger partial charge on any atom is 0.119 e. The summed E-state index contributed by atoms with van der Waals surface area (Å²) in [5.74, 6) is 0.939. The number of morpholine rings is 1. The van der Waals surface area contributed by atoms with E-state index < -0.39 is 0 Å². The molecule has 0 aliphatic carbocycles. The first kappa shape index (κ1) is 10.3. The van der Waals surface area contributed by atoms with Gasteiger partial charge in [-0.2, -0.15) is 0 Å². The summed E-state index contributed by atoms with van der Waals surface area (Å²) in [5.41, 5.74) is 1.25. The van der Waals surface area contributed by atoms with E-state index >= 15 is 0 Å². The Kier molecular flexibility index (Phi) is 3.45. The molecule has 2 rings (SSSR count). The molecule has 0 unspecified atom stereocenters. The molecule has 82 valence electrons. The van der Waals surface area contributed by atoms with Crippen molar-refractivity contribution in [1.29, 1.82) is 0 Å². The standard InChI is InChI=1S/C12H17NO2/c1-2-15-12-5-3-11(4-6-12)13-7-9-14-10-8-13/h3-6H,2,7-10H2,1H3. The van der Waals surface area contributed by atoms with Gasteiger partial charge in [-0.3, -0.25) is 0 Å². The van der Waals surface area contributed by atoms with E-state index in [1.807, 2.05) is 19.1 Å². The first-order valence-corrected chi connectivity index (χ1v) is 5.45. The van der Waals surface area contributed by atoms with Gasteiger partial charge < -0.3 is 14.4 Å². The number of hydrogen-bond donors (Lipinski definition) is 0. The number of anilines is 1. The molecule has 0 atom stereocenters. The van der Waals surface area contributed by atoms with Gasteiger partial charge in [-0.25, -0.2) is 0 Å². The molecule has 0 bridgehead atoms. The molecule has 1 aromatic rings. The van der Waals surface area contributed by atoms with Crippen molar-refractivity contribution in [3.05, 3.63) is 24.3 Å². The largest absolute Gasteiger partial charge is 0.494 e. The van der Waals surface area contributed by atoms with Crippen LogP contribution in [0.1, 0.15) is 6.92 Å². The Morgan fingerprint density at radius 2 is 1.87 bits per heavy atom. The van der Waals surface area contributed by atoms with Crippen LogP contribution in [0.5, 0.6) is 5.75 Å². The summed E-state index contributed by atoms with van der Waals surface area (Å²) in [6, 6.07) is 8.26. The van der Waals surface area contributed by atoms with Gasteiger partial charge in [-0.15, -0.1) is 0 Å². The molecule has 0 amide bonds. The quantitative estimate of drug-likeness (QED) is 0.756. The summed E-state index contributed by atoms with van der Waals surface area (Å²) in [6.45, 7) is 6.33. The normalized spacial score (nSPS) is 16.5. The van der Waals surface area contributed by atoms with E-state index in [1.54, 1.807) is 0 Å². The minimum atomic E-state index is 0.719. The van der Waals surface area contributed by atoms with Crippen molar-refractivity contribution in [3.63, 3.8) is 0 Å². The third-order valence-corrected chi connectivity index (χ3v) is 2.52. The Morgan fingerprint density at radius 3 is 2.47 bits per heavy atom. The van der Waals surface area contributed by atoms with Crippen LogP contribution in [0.25, 0.3) is 0 Å². The summed E-state index contributed by atoms with van der Waals surface area (Å²) in [4.78, 5) is 2.33. The SMILES string of the molecule is CCOc1ccc(N2CCOCC2)cc1. The summed E-state index contributed by atoms with van der Waals surface area (Å²) in [5, 5.41) is 0. The Morgan fingerprint density at radius 1 is 1.20 bits per heavy atom. The van der Waals surface area contributed by atoms with Gasteiger partial charge in [-0.05, 0) is 31.2 Å². The Balaban J connectivity index is 2.02. The first-order valence-electron chi connectivity index (χ1n) is 5.45. The molecule has 0 radical (unpaired) electrons. The average Bonchev–Trinajstić information content (AvgIpc) is 2.32. The molecule has 3 nitrogen and oxygen atoms in total. The van der Waals surface area contributed by atoms with Gasteiger partial charge in [0.25, 0.3) is 0 Å². The number of rotatable bonds is 3. The lowest BCUT2D eigenvalue weighted by atomic mass is 10.2. The Hall–Kier alpha value is -1.22. The first-order chi connectivity index (χ1) is 7.40. The second-order valence-electron chi connectivity index (χ2n) is 3.53. The van der Waals surface area contributed by atoms with Crippen LogP contribution in [0.3, 0.4) is 0 Å². The molecular weight excluding hydrogens is 190 g/mol. The number of ether oxygens (including phenoxy) is 2. The molecule has 1 aromatic carbocycles. The zero-order valence-electron chi connectivity index (χ0n) is 9.11. The van der Waals surface area contributed by atoms with E-state index in [0.717, 1.165) is 38.7 Å². The van der Waals surface area contributed by atoms with Gasteiger partial charge in [0, 0.05) is 18.8 Å². The van der Waals surface area contributed by atoms with Crippen LogP contribution in [0.2, 0.25) is 0 Å². The zero-order valence-corrected chi connectivity index (χ0v) is 9.11. The lowest BCUT2D eigenvalue weighted by molar-refractivity contribution is 0.122. The van der Waals surface area contributed by atoms with Crippen LogP contribution >= 0.6 is 0 Å². The Labute approximate surface area is 90.6 Å². The van der Waals surface area contributed by atoms with Crippen molar-refractivity contribution < 1.29 is 9.47 Å². The van der Waals surface area contributed by atoms with Gasteiger partial charge in [-0.1, -0.05) is 0 Å². The minimum absolute atomic E-state index is 0.719. The van der Waals surface area contributed by atoms with Crippen LogP contribution in [0.4, 0.5) is 5.69 Å². The van der Waals surface area contributed by atoms with Crippen molar-refractivity contribution in [1.82, 2.24) is 0 Å². The van der Waals surface area contributed by atoms with Gasteiger partial charge in [0.15, 0.2) is 0 Å². The third-order valence-electron chi connectivity index (χ3n) is 2.52. The fraction of sp³-hybridized carbons (Fsp3) is 0.500. The van der Waals surface area contributed by atoms with Crippen LogP contribution in [-0.2, 0) is 4.74 Å². The molecule has 1 heterocycles. The van der Waals surface area contributed by atoms with Crippen molar-refractivity contribution in [3.8, 4) is 5.75 Å². The lowest BCUT2D eigenvalue weighted by Gasteiger charge is -2.28. The second-order valence-corrected chi connectivity index (χ2v) is 3.53. The highest BCUT2D eigenvalue weighted by molar-refractivity contribution is 5.49. The maximum atomic E-state index is 5.40. The van der Waals surface area contributed by atoms with Crippen LogP contribution in [0.15, 0.2) is 24.3 Å². The summed E-state index contributed by atoms with van der Waals surface area (Å²) in [6.07, 6.45) is 0. The average molecular weight is 207 g/mol. The fourth-order valence-corrected chi connectivity index (χ4v) is 1.74. The molecule has 1 fully saturated rings. The predicted octanol–water partition coefficient (Wildman–Crippen LogP) is 1.92. The molecule has 1 aliphatic heterocycles. The molecule has 1 aliphatic rings. The maximum absolute atomic E-state index is 5.40. The van der Waals surface area contributed by atoms with Gasteiger partial charge >= 0.3 is 0 Å². The smallest absolute Gasteiger partial charge is 0.119 e. The predicted molar refractivity (Wildman–Crippen MR) is 60.6 cm³/mol. The summed E-state index contributed by atoms with van der Waals surface area (Å²) < 4.78 is 10.7. The van der Waals surface area contributed by atoms with Gasteiger partial charge in [0.1, 0.15) is 5.75 Å². The molecule has 0 saturated carbocycles. The fourth-order valence-electron chi connectivity index (χ4n) is 1.74. The lowest BCUT2D eigenvalue weighted by Crippen LogP contribution is -2.36. The van der Waals surface area contributed by atoms with Gasteiger partial charge in [0.2, 0.25) is 0 Å². The molecule has 1 saturated heterocycles. The number of benzene rings is 1. The van der Waals surface area contributed by atoms with Gasteiger partial charge in [0.05, 0.1) is 19.8 Å². The van der Waals surface area contributed by atoms with Crippen molar-refractivity contribution in [2.24, 2.45) is 0 Å². The second kappa shape index (κ2) is 5.03. The molecular formula is C12H17NO2. The topological polar surface area (TPSA) is 21.7 Å². The van der Waals surface area contributed by atoms with Crippen LogP contribution in [0, 0.1) is 0 Å². The monoisotopic (exact) mass is 207 g/mol. The zero-order chi connectivity index (χ0) is 10.5. The highest BCUT2D eigenvalue weighted by Crippen LogP contribution is 2.20. The van der Waals surface area contributed by atoms with E-state index in [1.165, 1.54) is 5.69 Å². The minimum Gasteiger partial charge on any atom is -0.494 e. The van der Waals surface area contributed by atoms with Crippen LogP contribution < -0.4 is 9.64 Å². The van der Waals surface area contributed by atoms with E-state index in [-0.39, 0.29) is 0 Å². The molecule has 0 aromatic heterocycles. The molecule has 3 heteroatoms. The third kappa shape index (κ3) is 2.63. The van der Waals surface area contributed by atoms with E-state index in [0.29, 0.717) is 0 Å². The van der Waals surface area contributed by atoms with Crippen molar-refractivity contribution in [2.45, 2.75) is 6.92 Å². The Bertz CT molecular complexity index is 291. The van der Waals surface area contributed by atoms with Crippen molar-refractivity contribution >= 4 is 5.69 Å². The van der Waals surface area contributed by atoms with E-state index in [4.69, 9.17) is 9.47 Å². The summed E-state index contributed by atoms with van der Waals surface area (Å²) >= 11 is 0. The van der Waals surface area contributed by atoms with Crippen molar-refractivity contribution in [2.75, 3.05) is 37.8 Å². The highest BCUT2D eigenvalue weighted by Gasteiger charge is 2.10. The summed E-state index contributed by atoms with van der Waals surface area (Å²) in [7, 11) is 0. The number of nitrogens with zero attached hydrogens (tertiary/aromatic N) is 1. The molecule has 0 spiro atoms. The molecule has 15 heavy (non-hydrogen) atoms. The number of hydrogen-bond acceptors (Lipinski definition) is 3. The van der Waals surface area contributed by atoms with Crippen LogP contribution in [-0.4, -0.2) is 32.9 Å². The highest BCUT2D eigenvalue weighted by atomic mass is 16.5. The molecule has 0 N–H and O–H groups in total. The van der Waals surface area contributed by atoms with E-state index in [2.05, 4.69) is 17.0 Å².